The van der Waals surface area contributed by atoms with Gasteiger partial charge in [-0.05, 0) is 55.2 Å². The molecule has 0 fully saturated rings. The summed E-state index contributed by atoms with van der Waals surface area (Å²) in [7, 11) is 0. The van der Waals surface area contributed by atoms with Crippen LogP contribution in [0.5, 0.6) is 11.6 Å². The molecule has 0 atom stereocenters. The Labute approximate surface area is 118 Å². The minimum absolute atomic E-state index is 0.438. The topological polar surface area (TPSA) is 48.1 Å². The van der Waals surface area contributed by atoms with Crippen molar-refractivity contribution < 1.29 is 4.74 Å². The molecule has 100 valence electrons. The molecule has 0 saturated heterocycles. The first-order valence-electron chi connectivity index (χ1n) is 6.21. The Morgan fingerprint density at radius 3 is 2.68 bits per heavy atom. The maximum atomic E-state index is 6.27. The van der Waals surface area contributed by atoms with Crippen LogP contribution < -0.4 is 10.5 Å². The number of pyridine rings is 1. The molecule has 1 aromatic heterocycles. The molecule has 0 radical (unpaired) electrons. The molecule has 0 bridgehead atoms. The van der Waals surface area contributed by atoms with E-state index in [0.29, 0.717) is 10.9 Å². The first kappa shape index (κ1) is 13.7. The van der Waals surface area contributed by atoms with Gasteiger partial charge in [0.05, 0.1) is 0 Å². The van der Waals surface area contributed by atoms with Crippen molar-refractivity contribution in [3.8, 4) is 11.6 Å². The lowest BCUT2D eigenvalue weighted by atomic mass is 10.1. The zero-order valence-electron chi connectivity index (χ0n) is 11.3. The zero-order valence-corrected chi connectivity index (χ0v) is 12.1. The highest BCUT2D eigenvalue weighted by Gasteiger charge is 2.11. The second kappa shape index (κ2) is 5.49. The Morgan fingerprint density at radius 2 is 2.00 bits per heavy atom. The Kier molecular flexibility index (Phi) is 3.96. The van der Waals surface area contributed by atoms with Gasteiger partial charge in [-0.3, -0.25) is 0 Å². The van der Waals surface area contributed by atoms with Gasteiger partial charge >= 0.3 is 0 Å². The molecule has 0 aliphatic rings. The van der Waals surface area contributed by atoms with E-state index in [9.17, 15) is 0 Å². The van der Waals surface area contributed by atoms with Gasteiger partial charge in [0.25, 0.3) is 0 Å². The normalized spacial score (nSPS) is 10.5. The molecular weight excluding hydrogens is 260 g/mol. The first-order valence-corrected chi connectivity index (χ1v) is 6.58. The fourth-order valence-corrected chi connectivity index (χ4v) is 2.12. The van der Waals surface area contributed by atoms with Crippen molar-refractivity contribution in [2.45, 2.75) is 27.2 Å². The Hall–Kier alpha value is -1.74. The van der Waals surface area contributed by atoms with E-state index in [1.54, 1.807) is 6.20 Å². The molecule has 2 N–H and O–H groups in total. The van der Waals surface area contributed by atoms with Crippen molar-refractivity contribution in [1.82, 2.24) is 4.98 Å². The van der Waals surface area contributed by atoms with Crippen molar-refractivity contribution in [3.63, 3.8) is 0 Å². The minimum Gasteiger partial charge on any atom is -0.437 e. The zero-order chi connectivity index (χ0) is 14.0. The van der Waals surface area contributed by atoms with E-state index >= 15 is 0 Å². The number of hydrogen-bond acceptors (Lipinski definition) is 3. The third-order valence-corrected chi connectivity index (χ3v) is 3.49. The maximum Gasteiger partial charge on any atom is 0.238 e. The average molecular weight is 277 g/mol. The van der Waals surface area contributed by atoms with Crippen LogP contribution in [-0.4, -0.2) is 4.98 Å². The SMILES string of the molecule is CCc1ccnc(Oc2cc(C)c(N)cc2C)c1Cl. The molecule has 2 aromatic rings. The molecule has 0 saturated carbocycles. The molecule has 2 rings (SSSR count). The number of ether oxygens (including phenoxy) is 1. The standard InChI is InChI=1S/C15H17ClN2O/c1-4-11-5-6-18-15(14(11)16)19-13-8-9(2)12(17)7-10(13)3/h5-8H,4,17H2,1-3H3. The number of nitrogens with two attached hydrogens (primary N) is 1. The van der Waals surface area contributed by atoms with Gasteiger partial charge in [0.1, 0.15) is 10.8 Å². The van der Waals surface area contributed by atoms with Crippen molar-refractivity contribution >= 4 is 17.3 Å². The maximum absolute atomic E-state index is 6.27. The molecule has 1 heterocycles. The number of aromatic nitrogens is 1. The van der Waals surface area contributed by atoms with E-state index in [1.165, 1.54) is 0 Å². The van der Waals surface area contributed by atoms with Crippen LogP contribution in [-0.2, 0) is 6.42 Å². The summed E-state index contributed by atoms with van der Waals surface area (Å²) in [6.45, 7) is 5.94. The van der Waals surface area contributed by atoms with Gasteiger partial charge in [-0.15, -0.1) is 0 Å². The Bertz CT molecular complexity index is 611. The van der Waals surface area contributed by atoms with Crippen LogP contribution in [0.1, 0.15) is 23.6 Å². The number of nitrogen functional groups attached to an aromatic ring is 1. The molecule has 0 aliphatic carbocycles. The fourth-order valence-electron chi connectivity index (χ4n) is 1.83. The van der Waals surface area contributed by atoms with Gasteiger partial charge in [-0.25, -0.2) is 4.98 Å². The molecule has 0 spiro atoms. The van der Waals surface area contributed by atoms with Crippen LogP contribution >= 0.6 is 11.6 Å². The molecule has 0 unspecified atom stereocenters. The summed E-state index contributed by atoms with van der Waals surface area (Å²) in [5.41, 5.74) is 9.58. The summed E-state index contributed by atoms with van der Waals surface area (Å²) < 4.78 is 5.82. The summed E-state index contributed by atoms with van der Waals surface area (Å²) in [5.74, 6) is 1.17. The van der Waals surface area contributed by atoms with Crippen LogP contribution in [0, 0.1) is 13.8 Å². The molecule has 3 nitrogen and oxygen atoms in total. The van der Waals surface area contributed by atoms with Crippen LogP contribution in [0.2, 0.25) is 5.02 Å². The highest BCUT2D eigenvalue weighted by molar-refractivity contribution is 6.32. The van der Waals surface area contributed by atoms with Crippen molar-refractivity contribution in [2.75, 3.05) is 5.73 Å². The number of aryl methyl sites for hydroxylation is 3. The molecule has 0 aliphatic heterocycles. The minimum atomic E-state index is 0.438. The third-order valence-electron chi connectivity index (χ3n) is 3.09. The fraction of sp³-hybridized carbons (Fsp3) is 0.267. The van der Waals surface area contributed by atoms with E-state index < -0.39 is 0 Å². The highest BCUT2D eigenvalue weighted by Crippen LogP contribution is 2.33. The predicted molar refractivity (Wildman–Crippen MR) is 79.0 cm³/mol. The summed E-state index contributed by atoms with van der Waals surface area (Å²) in [6, 6.07) is 5.69. The predicted octanol–water partition coefficient (Wildman–Crippen LogP) is 4.29. The lowest BCUT2D eigenvalue weighted by Gasteiger charge is -2.12. The van der Waals surface area contributed by atoms with Gasteiger partial charge in [0, 0.05) is 11.9 Å². The van der Waals surface area contributed by atoms with Crippen molar-refractivity contribution in [2.24, 2.45) is 0 Å². The monoisotopic (exact) mass is 276 g/mol. The van der Waals surface area contributed by atoms with Gasteiger partial charge in [0.15, 0.2) is 0 Å². The van der Waals surface area contributed by atoms with Crippen LogP contribution in [0.25, 0.3) is 0 Å². The largest absolute Gasteiger partial charge is 0.437 e. The van der Waals surface area contributed by atoms with Gasteiger partial charge < -0.3 is 10.5 Å². The smallest absolute Gasteiger partial charge is 0.238 e. The molecule has 0 amide bonds. The van der Waals surface area contributed by atoms with E-state index in [-0.39, 0.29) is 0 Å². The number of benzene rings is 1. The van der Waals surface area contributed by atoms with E-state index in [1.807, 2.05) is 39.0 Å². The van der Waals surface area contributed by atoms with Crippen LogP contribution in [0.3, 0.4) is 0 Å². The van der Waals surface area contributed by atoms with E-state index in [4.69, 9.17) is 22.1 Å². The number of hydrogen-bond donors (Lipinski definition) is 1. The second-order valence-corrected chi connectivity index (χ2v) is 4.90. The number of halogens is 1. The third kappa shape index (κ3) is 2.82. The van der Waals surface area contributed by atoms with Crippen molar-refractivity contribution in [3.05, 3.63) is 46.1 Å². The lowest BCUT2D eigenvalue weighted by Crippen LogP contribution is -1.97. The first-order chi connectivity index (χ1) is 9.02. The Morgan fingerprint density at radius 1 is 1.26 bits per heavy atom. The van der Waals surface area contributed by atoms with E-state index in [2.05, 4.69) is 4.98 Å². The summed E-state index contributed by atoms with van der Waals surface area (Å²) in [4.78, 5) is 4.19. The number of anilines is 1. The quantitative estimate of drug-likeness (QED) is 0.851. The molecule has 1 aromatic carbocycles. The van der Waals surface area contributed by atoms with Gasteiger partial charge in [-0.2, -0.15) is 0 Å². The van der Waals surface area contributed by atoms with Crippen molar-refractivity contribution in [1.29, 1.82) is 0 Å². The van der Waals surface area contributed by atoms with Crippen LogP contribution in [0.15, 0.2) is 24.4 Å². The van der Waals surface area contributed by atoms with Gasteiger partial charge in [-0.1, -0.05) is 18.5 Å². The Balaban J connectivity index is 2.39. The summed E-state index contributed by atoms with van der Waals surface area (Å²) in [5, 5.41) is 0.568. The number of nitrogens with zero attached hydrogens (tertiary/aromatic N) is 1. The second-order valence-electron chi connectivity index (χ2n) is 4.52. The summed E-state index contributed by atoms with van der Waals surface area (Å²) >= 11 is 6.27. The highest BCUT2D eigenvalue weighted by atomic mass is 35.5. The van der Waals surface area contributed by atoms with Crippen LogP contribution in [0.4, 0.5) is 5.69 Å². The molecule has 19 heavy (non-hydrogen) atoms. The average Bonchev–Trinajstić information content (AvgIpc) is 2.38. The lowest BCUT2D eigenvalue weighted by molar-refractivity contribution is 0.459. The van der Waals surface area contributed by atoms with Gasteiger partial charge in [0.2, 0.25) is 5.88 Å². The summed E-state index contributed by atoms with van der Waals surface area (Å²) in [6.07, 6.45) is 2.55. The number of rotatable bonds is 3. The van der Waals surface area contributed by atoms with E-state index in [0.717, 1.165) is 34.5 Å². The molecular formula is C15H17ClN2O. The molecule has 4 heteroatoms.